The van der Waals surface area contributed by atoms with Crippen LogP contribution in [0.2, 0.25) is 0 Å². The summed E-state index contributed by atoms with van der Waals surface area (Å²) in [6.07, 6.45) is 0. The number of hydrogen-bond acceptors (Lipinski definition) is 3. The van der Waals surface area contributed by atoms with Crippen LogP contribution in [0, 0.1) is 0 Å². The Hall–Kier alpha value is -2.30. The van der Waals surface area contributed by atoms with Gasteiger partial charge in [-0.25, -0.2) is 0 Å². The molecule has 0 aliphatic heterocycles. The highest BCUT2D eigenvalue weighted by Gasteiger charge is 2.28. The molecule has 0 fully saturated rings. The lowest BCUT2D eigenvalue weighted by Crippen LogP contribution is -2.53. The molecule has 0 unspecified atom stereocenters. The molecule has 0 aromatic heterocycles. The van der Waals surface area contributed by atoms with Crippen molar-refractivity contribution in [3.8, 4) is 5.75 Å². The van der Waals surface area contributed by atoms with E-state index in [9.17, 15) is 9.59 Å². The molecule has 0 radical (unpaired) electrons. The number of nitrogens with one attached hydrogen (secondary N) is 1. The van der Waals surface area contributed by atoms with Crippen molar-refractivity contribution in [2.75, 3.05) is 6.61 Å². The van der Waals surface area contributed by atoms with Crippen LogP contribution in [0.4, 0.5) is 0 Å². The first-order chi connectivity index (χ1) is 9.24. The largest absolute Gasteiger partial charge is 0.488 e. The smallest absolute Gasteiger partial charge is 0.255 e. The van der Waals surface area contributed by atoms with Gasteiger partial charge in [0.1, 0.15) is 17.9 Å². The van der Waals surface area contributed by atoms with Crippen LogP contribution >= 0.6 is 0 Å². The van der Waals surface area contributed by atoms with Crippen molar-refractivity contribution in [3.05, 3.63) is 42.0 Å². The summed E-state index contributed by atoms with van der Waals surface area (Å²) in [5.41, 5.74) is 5.31. The second-order valence-corrected chi connectivity index (χ2v) is 5.19. The quantitative estimate of drug-likeness (QED) is 0.775. The molecule has 0 saturated carbocycles. The fourth-order valence-corrected chi connectivity index (χ4v) is 1.39. The number of nitrogens with two attached hydrogens (primary N) is 1. The number of rotatable bonds is 6. The maximum absolute atomic E-state index is 12.2. The molecule has 0 aliphatic rings. The zero-order valence-corrected chi connectivity index (χ0v) is 12.0. The predicted molar refractivity (Wildman–Crippen MR) is 77.5 cm³/mol. The molecular formula is C15H20N2O3. The minimum Gasteiger partial charge on any atom is -0.488 e. The monoisotopic (exact) mass is 276 g/mol. The third kappa shape index (κ3) is 4.12. The Kier molecular flexibility index (Phi) is 4.91. The zero-order valence-electron chi connectivity index (χ0n) is 12.0. The van der Waals surface area contributed by atoms with Crippen LogP contribution in [0.15, 0.2) is 36.4 Å². The fraction of sp³-hybridized carbons (Fsp3) is 0.333. The van der Waals surface area contributed by atoms with Crippen LogP contribution in [0.1, 0.15) is 31.1 Å². The summed E-state index contributed by atoms with van der Waals surface area (Å²) in [5, 5.41) is 2.58. The summed E-state index contributed by atoms with van der Waals surface area (Å²) < 4.78 is 5.52. The van der Waals surface area contributed by atoms with E-state index in [-0.39, 0.29) is 0 Å². The van der Waals surface area contributed by atoms with Crippen LogP contribution in [0.3, 0.4) is 0 Å². The summed E-state index contributed by atoms with van der Waals surface area (Å²) in [4.78, 5) is 23.5. The van der Waals surface area contributed by atoms with E-state index < -0.39 is 17.4 Å². The number of ether oxygens (including phenoxy) is 1. The predicted octanol–water partition coefficient (Wildman–Crippen LogP) is 1.64. The van der Waals surface area contributed by atoms with E-state index >= 15 is 0 Å². The highest BCUT2D eigenvalue weighted by atomic mass is 16.5. The Morgan fingerprint density at radius 2 is 1.95 bits per heavy atom. The van der Waals surface area contributed by atoms with Crippen molar-refractivity contribution in [1.29, 1.82) is 0 Å². The number of carbonyl (C=O) groups is 2. The molecule has 5 heteroatoms. The van der Waals surface area contributed by atoms with E-state index in [2.05, 4.69) is 11.9 Å². The normalized spacial score (nSPS) is 10.8. The Morgan fingerprint density at radius 3 is 2.50 bits per heavy atom. The van der Waals surface area contributed by atoms with Crippen molar-refractivity contribution in [2.24, 2.45) is 5.73 Å². The first-order valence-corrected chi connectivity index (χ1v) is 6.22. The maximum Gasteiger partial charge on any atom is 0.255 e. The van der Waals surface area contributed by atoms with Gasteiger partial charge in [-0.3, -0.25) is 9.59 Å². The molecule has 3 N–H and O–H groups in total. The summed E-state index contributed by atoms with van der Waals surface area (Å²) in [6.45, 7) is 8.99. The van der Waals surface area contributed by atoms with Gasteiger partial charge in [0.25, 0.3) is 5.91 Å². The van der Waals surface area contributed by atoms with Crippen LogP contribution in [-0.4, -0.2) is 24.0 Å². The van der Waals surface area contributed by atoms with Gasteiger partial charge >= 0.3 is 0 Å². The third-order valence-electron chi connectivity index (χ3n) is 2.65. The lowest BCUT2D eigenvalue weighted by atomic mass is 10.0. The highest BCUT2D eigenvalue weighted by Crippen LogP contribution is 2.19. The molecule has 0 aliphatic carbocycles. The minimum absolute atomic E-state index is 0.323. The second-order valence-electron chi connectivity index (χ2n) is 5.19. The number of benzene rings is 1. The molecule has 20 heavy (non-hydrogen) atoms. The molecule has 1 aromatic carbocycles. The molecule has 0 heterocycles. The van der Waals surface area contributed by atoms with Crippen LogP contribution < -0.4 is 15.8 Å². The molecule has 1 aromatic rings. The van der Waals surface area contributed by atoms with Gasteiger partial charge in [-0.1, -0.05) is 18.7 Å². The van der Waals surface area contributed by atoms with Gasteiger partial charge in [-0.15, -0.1) is 0 Å². The summed E-state index contributed by atoms with van der Waals surface area (Å²) >= 11 is 0. The van der Waals surface area contributed by atoms with Crippen molar-refractivity contribution < 1.29 is 14.3 Å². The average Bonchev–Trinajstić information content (AvgIpc) is 2.35. The first kappa shape index (κ1) is 15.8. The molecule has 5 nitrogen and oxygen atoms in total. The number of amides is 2. The SMILES string of the molecule is C=C(C)COc1ccccc1C(=O)NC(C)(C)C(N)=O. The van der Waals surface area contributed by atoms with Crippen LogP contribution in [-0.2, 0) is 4.79 Å². The van der Waals surface area contributed by atoms with Gasteiger partial charge < -0.3 is 15.8 Å². The molecule has 0 atom stereocenters. The highest BCUT2D eigenvalue weighted by molar-refractivity contribution is 6.00. The molecule has 0 spiro atoms. The van der Waals surface area contributed by atoms with Gasteiger partial charge in [0.2, 0.25) is 5.91 Å². The molecule has 1 rings (SSSR count). The minimum atomic E-state index is -1.13. The standard InChI is InChI=1S/C15H20N2O3/c1-10(2)9-20-12-8-6-5-7-11(12)13(18)17-15(3,4)14(16)19/h5-8H,1,9H2,2-4H3,(H2,16,19)(H,17,18). The van der Waals surface area contributed by atoms with E-state index in [1.807, 2.05) is 6.92 Å². The van der Waals surface area contributed by atoms with Crippen molar-refractivity contribution in [3.63, 3.8) is 0 Å². The van der Waals surface area contributed by atoms with Gasteiger partial charge in [-0.05, 0) is 38.5 Å². The first-order valence-electron chi connectivity index (χ1n) is 6.22. The van der Waals surface area contributed by atoms with Crippen molar-refractivity contribution in [1.82, 2.24) is 5.32 Å². The zero-order chi connectivity index (χ0) is 15.3. The summed E-state index contributed by atoms with van der Waals surface area (Å²) in [5.74, 6) is -0.578. The van der Waals surface area contributed by atoms with Crippen LogP contribution in [0.25, 0.3) is 0 Å². The molecule has 108 valence electrons. The molecule has 2 amide bonds. The van der Waals surface area contributed by atoms with Gasteiger partial charge in [-0.2, -0.15) is 0 Å². The Morgan fingerprint density at radius 1 is 1.35 bits per heavy atom. The fourth-order valence-electron chi connectivity index (χ4n) is 1.39. The Balaban J connectivity index is 2.93. The van der Waals surface area contributed by atoms with Crippen LogP contribution in [0.5, 0.6) is 5.75 Å². The lowest BCUT2D eigenvalue weighted by Gasteiger charge is -2.23. The van der Waals surface area contributed by atoms with Crippen molar-refractivity contribution in [2.45, 2.75) is 26.3 Å². The van der Waals surface area contributed by atoms with Crippen molar-refractivity contribution >= 4 is 11.8 Å². The third-order valence-corrected chi connectivity index (χ3v) is 2.65. The molecule has 0 saturated heterocycles. The number of primary amides is 1. The van der Waals surface area contributed by atoms with Gasteiger partial charge in [0, 0.05) is 0 Å². The topological polar surface area (TPSA) is 81.4 Å². The lowest BCUT2D eigenvalue weighted by molar-refractivity contribution is -0.122. The number of carbonyl (C=O) groups excluding carboxylic acids is 2. The second kappa shape index (κ2) is 6.23. The Bertz CT molecular complexity index is 536. The average molecular weight is 276 g/mol. The van der Waals surface area contributed by atoms with E-state index in [0.717, 1.165) is 5.57 Å². The molecule has 0 bridgehead atoms. The van der Waals surface area contributed by atoms with E-state index in [1.165, 1.54) is 0 Å². The van der Waals surface area contributed by atoms with E-state index in [0.29, 0.717) is 17.9 Å². The molecular weight excluding hydrogens is 256 g/mol. The number of para-hydroxylation sites is 1. The summed E-state index contributed by atoms with van der Waals surface area (Å²) in [7, 11) is 0. The van der Waals surface area contributed by atoms with Gasteiger partial charge in [0.15, 0.2) is 0 Å². The van der Waals surface area contributed by atoms with E-state index in [4.69, 9.17) is 10.5 Å². The van der Waals surface area contributed by atoms with Gasteiger partial charge in [0.05, 0.1) is 5.56 Å². The van der Waals surface area contributed by atoms with E-state index in [1.54, 1.807) is 38.1 Å². The maximum atomic E-state index is 12.2. The summed E-state index contributed by atoms with van der Waals surface area (Å²) in [6, 6.07) is 6.80. The Labute approximate surface area is 118 Å². The number of hydrogen-bond donors (Lipinski definition) is 2.